The summed E-state index contributed by atoms with van der Waals surface area (Å²) in [6.45, 7) is 5.70. The number of aliphatic carboxylic acids is 1. The Morgan fingerprint density at radius 2 is 1.89 bits per heavy atom. The van der Waals surface area contributed by atoms with Crippen LogP contribution in [-0.2, 0) is 19.7 Å². The van der Waals surface area contributed by atoms with Crippen LogP contribution in [0.1, 0.15) is 20.8 Å². The second kappa shape index (κ2) is 5.52. The third-order valence-corrected chi connectivity index (χ3v) is 5.30. The molecule has 0 aromatic heterocycles. The molecule has 7 nitrogen and oxygen atoms in total. The molecule has 0 radical (unpaired) electrons. The second-order valence-corrected chi connectivity index (χ2v) is 6.40. The van der Waals surface area contributed by atoms with E-state index in [0.29, 0.717) is 13.2 Å². The van der Waals surface area contributed by atoms with Gasteiger partial charge in [0.05, 0.1) is 13.2 Å². The minimum Gasteiger partial charge on any atom is -0.480 e. The van der Waals surface area contributed by atoms with E-state index in [0.717, 1.165) is 4.31 Å². The van der Waals surface area contributed by atoms with Crippen molar-refractivity contribution in [3.05, 3.63) is 0 Å². The molecule has 1 aliphatic heterocycles. The minimum atomic E-state index is -3.77. The van der Waals surface area contributed by atoms with Gasteiger partial charge in [-0.3, -0.25) is 4.79 Å². The van der Waals surface area contributed by atoms with Crippen molar-refractivity contribution in [2.24, 2.45) is 0 Å². The maximum atomic E-state index is 12.4. The maximum absolute atomic E-state index is 12.4. The lowest BCUT2D eigenvalue weighted by Crippen LogP contribution is -2.58. The van der Waals surface area contributed by atoms with Crippen molar-refractivity contribution in [3.63, 3.8) is 0 Å². The van der Waals surface area contributed by atoms with E-state index in [-0.39, 0.29) is 19.6 Å². The maximum Gasteiger partial charge on any atom is 0.324 e. The van der Waals surface area contributed by atoms with Crippen molar-refractivity contribution in [2.45, 2.75) is 26.3 Å². The van der Waals surface area contributed by atoms with Crippen LogP contribution >= 0.6 is 0 Å². The number of hydrogen-bond donors (Lipinski definition) is 1. The summed E-state index contributed by atoms with van der Waals surface area (Å²) in [6.07, 6.45) is 0. The highest BCUT2D eigenvalue weighted by molar-refractivity contribution is 7.86. The van der Waals surface area contributed by atoms with Crippen LogP contribution in [0.2, 0.25) is 0 Å². The van der Waals surface area contributed by atoms with Crippen LogP contribution < -0.4 is 0 Å². The van der Waals surface area contributed by atoms with Crippen molar-refractivity contribution in [1.29, 1.82) is 0 Å². The molecule has 1 aliphatic rings. The van der Waals surface area contributed by atoms with Crippen LogP contribution in [0.15, 0.2) is 0 Å². The van der Waals surface area contributed by atoms with Gasteiger partial charge in [0.25, 0.3) is 10.2 Å². The quantitative estimate of drug-likeness (QED) is 0.750. The Kier molecular flexibility index (Phi) is 4.71. The molecule has 1 heterocycles. The first-order valence-electron chi connectivity index (χ1n) is 5.83. The van der Waals surface area contributed by atoms with Gasteiger partial charge in [-0.2, -0.15) is 17.0 Å². The summed E-state index contributed by atoms with van der Waals surface area (Å²) < 4.78 is 32.2. The topological polar surface area (TPSA) is 87.2 Å². The van der Waals surface area contributed by atoms with Crippen LogP contribution in [0.25, 0.3) is 0 Å². The lowest BCUT2D eigenvalue weighted by molar-refractivity contribution is -0.146. The van der Waals surface area contributed by atoms with Gasteiger partial charge in [0.15, 0.2) is 0 Å². The summed E-state index contributed by atoms with van der Waals surface area (Å²) in [5, 5.41) is 9.16. The van der Waals surface area contributed by atoms with Gasteiger partial charge in [0, 0.05) is 19.6 Å². The molecule has 1 saturated heterocycles. The molecule has 0 bridgehead atoms. The molecule has 0 atom stereocenters. The summed E-state index contributed by atoms with van der Waals surface area (Å²) in [4.78, 5) is 11.2. The van der Waals surface area contributed by atoms with Crippen LogP contribution in [0, 0.1) is 0 Å². The van der Waals surface area contributed by atoms with Crippen molar-refractivity contribution in [3.8, 4) is 0 Å². The van der Waals surface area contributed by atoms with E-state index in [1.54, 1.807) is 6.92 Å². The van der Waals surface area contributed by atoms with Gasteiger partial charge in [-0.25, -0.2) is 0 Å². The molecule has 0 aromatic carbocycles. The van der Waals surface area contributed by atoms with E-state index in [1.165, 1.54) is 18.2 Å². The molecule has 106 valence electrons. The molecule has 0 amide bonds. The van der Waals surface area contributed by atoms with Crippen molar-refractivity contribution >= 4 is 16.2 Å². The minimum absolute atomic E-state index is 0.110. The van der Waals surface area contributed by atoms with Crippen LogP contribution in [0.3, 0.4) is 0 Å². The summed E-state index contributed by atoms with van der Waals surface area (Å²) in [7, 11) is -3.77. The van der Waals surface area contributed by atoms with Gasteiger partial charge in [-0.05, 0) is 13.8 Å². The number of hydrogen-bond acceptors (Lipinski definition) is 4. The molecule has 8 heteroatoms. The van der Waals surface area contributed by atoms with E-state index in [9.17, 15) is 13.2 Å². The van der Waals surface area contributed by atoms with Crippen molar-refractivity contribution in [2.75, 3.05) is 32.8 Å². The zero-order chi connectivity index (χ0) is 14.0. The molecule has 1 N–H and O–H groups in total. The predicted molar refractivity (Wildman–Crippen MR) is 65.4 cm³/mol. The van der Waals surface area contributed by atoms with Crippen molar-refractivity contribution in [1.82, 2.24) is 8.61 Å². The third kappa shape index (κ3) is 2.82. The largest absolute Gasteiger partial charge is 0.480 e. The van der Waals surface area contributed by atoms with Gasteiger partial charge in [-0.1, -0.05) is 6.92 Å². The average Bonchev–Trinajstić information content (AvgIpc) is 2.30. The fourth-order valence-corrected chi connectivity index (χ4v) is 3.74. The zero-order valence-electron chi connectivity index (χ0n) is 10.9. The number of ether oxygens (including phenoxy) is 1. The summed E-state index contributed by atoms with van der Waals surface area (Å²) in [5.41, 5.74) is -1.47. The van der Waals surface area contributed by atoms with Gasteiger partial charge >= 0.3 is 5.97 Å². The van der Waals surface area contributed by atoms with E-state index < -0.39 is 21.7 Å². The summed E-state index contributed by atoms with van der Waals surface area (Å²) in [6, 6.07) is 0. The molecule has 0 aromatic rings. The van der Waals surface area contributed by atoms with Crippen LogP contribution in [0.4, 0.5) is 0 Å². The zero-order valence-corrected chi connectivity index (χ0v) is 11.7. The number of rotatable bonds is 5. The Morgan fingerprint density at radius 3 is 2.28 bits per heavy atom. The predicted octanol–water partition coefficient (Wildman–Crippen LogP) is -0.251. The first kappa shape index (κ1) is 15.4. The van der Waals surface area contributed by atoms with Crippen LogP contribution in [-0.4, -0.2) is 66.5 Å². The molecule has 0 saturated carbocycles. The van der Waals surface area contributed by atoms with Gasteiger partial charge in [-0.15, -0.1) is 0 Å². The Bertz CT molecular complexity index is 400. The average molecular weight is 280 g/mol. The normalized spacial score (nSPS) is 19.1. The Balaban J connectivity index is 3.03. The molecular formula is C10H20N2O5S. The van der Waals surface area contributed by atoms with Gasteiger partial charge < -0.3 is 9.84 Å². The standard InChI is InChI=1S/C10H20N2O5S/c1-4-12(10(2,3)9(13)14)18(15,16)11-5-7-17-8-6-11/h4-8H2,1-3H3,(H,13,14). The molecule has 0 spiro atoms. The molecule has 0 aliphatic carbocycles. The van der Waals surface area contributed by atoms with E-state index in [1.807, 2.05) is 0 Å². The molecular weight excluding hydrogens is 260 g/mol. The monoisotopic (exact) mass is 280 g/mol. The number of nitrogens with zero attached hydrogens (tertiary/aromatic N) is 2. The molecule has 1 rings (SSSR count). The second-order valence-electron chi connectivity index (χ2n) is 4.55. The van der Waals surface area contributed by atoms with E-state index in [4.69, 9.17) is 9.84 Å². The molecule has 18 heavy (non-hydrogen) atoms. The highest BCUT2D eigenvalue weighted by Gasteiger charge is 2.43. The third-order valence-electron chi connectivity index (χ3n) is 3.01. The summed E-state index contributed by atoms with van der Waals surface area (Å²) in [5.74, 6) is -1.17. The lowest BCUT2D eigenvalue weighted by Gasteiger charge is -2.38. The van der Waals surface area contributed by atoms with Crippen molar-refractivity contribution < 1.29 is 23.1 Å². The Hall–Kier alpha value is -0.700. The lowest BCUT2D eigenvalue weighted by atomic mass is 10.1. The summed E-state index contributed by atoms with van der Waals surface area (Å²) >= 11 is 0. The van der Waals surface area contributed by atoms with Gasteiger partial charge in [0.2, 0.25) is 0 Å². The fourth-order valence-electron chi connectivity index (χ4n) is 1.87. The fraction of sp³-hybridized carbons (Fsp3) is 0.900. The first-order chi connectivity index (χ1) is 8.24. The molecule has 0 unspecified atom stereocenters. The number of carboxylic acids is 1. The highest BCUT2D eigenvalue weighted by Crippen LogP contribution is 2.22. The van der Waals surface area contributed by atoms with Crippen LogP contribution in [0.5, 0.6) is 0 Å². The van der Waals surface area contributed by atoms with E-state index >= 15 is 0 Å². The molecule has 1 fully saturated rings. The van der Waals surface area contributed by atoms with E-state index in [2.05, 4.69) is 0 Å². The SMILES string of the molecule is CCN(C(C)(C)C(=O)O)S(=O)(=O)N1CCOCC1. The van der Waals surface area contributed by atoms with Gasteiger partial charge in [0.1, 0.15) is 5.54 Å². The number of likely N-dealkylation sites (N-methyl/N-ethyl adjacent to an activating group) is 1. The number of morpholine rings is 1. The number of carbonyl (C=O) groups is 1. The number of carboxylic acid groups (broad SMARTS) is 1. The highest BCUT2D eigenvalue weighted by atomic mass is 32.2. The first-order valence-corrected chi connectivity index (χ1v) is 7.23. The Morgan fingerprint density at radius 1 is 1.39 bits per heavy atom. The smallest absolute Gasteiger partial charge is 0.324 e. The Labute approximate surface area is 108 Å².